The van der Waals surface area contributed by atoms with E-state index < -0.39 is 0 Å². The largest absolute Gasteiger partial charge is 0.384 e. The highest BCUT2D eigenvalue weighted by atomic mass is 79.9. The van der Waals surface area contributed by atoms with E-state index >= 15 is 0 Å². The number of hydrogen-bond donors (Lipinski definition) is 2. The molecule has 2 N–H and O–H groups in total. The molecular weight excluding hydrogens is 264 g/mol. The Kier molecular flexibility index (Phi) is 6.50. The molecule has 0 aromatic heterocycles. The predicted octanol–water partition coefficient (Wildman–Crippen LogP) is 3.50. The minimum atomic E-state index is 0.769. The Hall–Kier alpha value is -0.540. The fraction of sp³-hybridized carbons (Fsp3) is 0.538. The lowest BCUT2D eigenvalue weighted by Crippen LogP contribution is -2.26. The van der Waals surface area contributed by atoms with Crippen LogP contribution in [0.3, 0.4) is 0 Å². The molecule has 0 aliphatic heterocycles. The van der Waals surface area contributed by atoms with Crippen molar-refractivity contribution in [3.63, 3.8) is 0 Å². The minimum absolute atomic E-state index is 0.769. The Morgan fingerprint density at radius 3 is 2.81 bits per heavy atom. The van der Waals surface area contributed by atoms with Crippen LogP contribution in [0.25, 0.3) is 0 Å². The van der Waals surface area contributed by atoms with Crippen LogP contribution >= 0.6 is 15.9 Å². The molecule has 2 nitrogen and oxygen atoms in total. The van der Waals surface area contributed by atoms with Gasteiger partial charge in [-0.25, -0.2) is 0 Å². The van der Waals surface area contributed by atoms with Gasteiger partial charge in [-0.05, 0) is 30.7 Å². The topological polar surface area (TPSA) is 24.1 Å². The Labute approximate surface area is 107 Å². The van der Waals surface area contributed by atoms with Gasteiger partial charge in [0.1, 0.15) is 0 Å². The van der Waals surface area contributed by atoms with Crippen molar-refractivity contribution in [1.29, 1.82) is 0 Å². The van der Waals surface area contributed by atoms with Gasteiger partial charge < -0.3 is 10.6 Å². The molecule has 0 saturated heterocycles. The molecule has 0 radical (unpaired) electrons. The van der Waals surface area contributed by atoms with Gasteiger partial charge >= 0.3 is 0 Å². The van der Waals surface area contributed by atoms with E-state index in [9.17, 15) is 0 Å². The predicted molar refractivity (Wildman–Crippen MR) is 75.0 cm³/mol. The van der Waals surface area contributed by atoms with Gasteiger partial charge in [0.15, 0.2) is 0 Å². The molecule has 0 spiro atoms. The van der Waals surface area contributed by atoms with Crippen LogP contribution in [0.2, 0.25) is 0 Å². The molecule has 0 amide bonds. The Balaban J connectivity index is 2.12. The lowest BCUT2D eigenvalue weighted by molar-refractivity contribution is 0.506. The highest BCUT2D eigenvalue weighted by molar-refractivity contribution is 9.10. The van der Waals surface area contributed by atoms with Crippen molar-refractivity contribution in [2.24, 2.45) is 5.92 Å². The average molecular weight is 285 g/mol. The van der Waals surface area contributed by atoms with E-state index in [0.717, 1.165) is 30.0 Å². The van der Waals surface area contributed by atoms with E-state index in [2.05, 4.69) is 52.5 Å². The second-order valence-corrected chi connectivity index (χ2v) is 5.07. The minimum Gasteiger partial charge on any atom is -0.384 e. The van der Waals surface area contributed by atoms with E-state index in [-0.39, 0.29) is 0 Å². The molecule has 0 fully saturated rings. The first-order chi connectivity index (χ1) is 7.72. The molecule has 90 valence electrons. The number of nitrogens with one attached hydrogen (secondary N) is 2. The molecule has 1 unspecified atom stereocenters. The second-order valence-electron chi connectivity index (χ2n) is 4.15. The molecule has 0 aliphatic rings. The quantitative estimate of drug-likeness (QED) is 0.749. The fourth-order valence-corrected chi connectivity index (χ4v) is 1.79. The fourth-order valence-electron chi connectivity index (χ4n) is 1.39. The van der Waals surface area contributed by atoms with Crippen LogP contribution in [-0.4, -0.2) is 19.6 Å². The summed E-state index contributed by atoms with van der Waals surface area (Å²) < 4.78 is 1.12. The molecule has 0 bridgehead atoms. The summed E-state index contributed by atoms with van der Waals surface area (Å²) in [5.74, 6) is 0.769. The Morgan fingerprint density at radius 2 is 2.12 bits per heavy atom. The maximum atomic E-state index is 3.46. The molecule has 1 atom stereocenters. The third-order valence-electron chi connectivity index (χ3n) is 2.65. The molecule has 0 saturated carbocycles. The molecule has 16 heavy (non-hydrogen) atoms. The lowest BCUT2D eigenvalue weighted by atomic mass is 10.1. The molecule has 1 rings (SSSR count). The van der Waals surface area contributed by atoms with Gasteiger partial charge in [0.25, 0.3) is 0 Å². The van der Waals surface area contributed by atoms with Gasteiger partial charge in [-0.15, -0.1) is 0 Å². The molecule has 1 aromatic rings. The van der Waals surface area contributed by atoms with E-state index in [1.807, 2.05) is 12.1 Å². The van der Waals surface area contributed by atoms with Crippen LogP contribution in [0.1, 0.15) is 20.3 Å². The zero-order chi connectivity index (χ0) is 11.8. The number of rotatable bonds is 7. The van der Waals surface area contributed by atoms with Gasteiger partial charge in [0.05, 0.1) is 0 Å². The SMILES string of the molecule is CCC(C)CNCCNc1cccc(Br)c1. The molecule has 3 heteroatoms. The van der Waals surface area contributed by atoms with Gasteiger partial charge in [0.2, 0.25) is 0 Å². The second kappa shape index (κ2) is 7.69. The van der Waals surface area contributed by atoms with Crippen molar-refractivity contribution in [3.05, 3.63) is 28.7 Å². The van der Waals surface area contributed by atoms with Crippen molar-refractivity contribution in [2.45, 2.75) is 20.3 Å². The maximum absolute atomic E-state index is 3.46. The number of hydrogen-bond acceptors (Lipinski definition) is 2. The average Bonchev–Trinajstić information content (AvgIpc) is 2.28. The van der Waals surface area contributed by atoms with Gasteiger partial charge in [-0.3, -0.25) is 0 Å². The summed E-state index contributed by atoms with van der Waals surface area (Å²) in [4.78, 5) is 0. The van der Waals surface area contributed by atoms with E-state index in [1.165, 1.54) is 12.1 Å². The standard InChI is InChI=1S/C13H21BrN2/c1-3-11(2)10-15-7-8-16-13-6-4-5-12(14)9-13/h4-6,9,11,15-16H,3,7-8,10H2,1-2H3. The monoisotopic (exact) mass is 284 g/mol. The Morgan fingerprint density at radius 1 is 1.31 bits per heavy atom. The number of halogens is 1. The van der Waals surface area contributed by atoms with Crippen LogP contribution in [0.4, 0.5) is 5.69 Å². The third kappa shape index (κ3) is 5.52. The first-order valence-electron chi connectivity index (χ1n) is 5.92. The van der Waals surface area contributed by atoms with Crippen LogP contribution in [-0.2, 0) is 0 Å². The summed E-state index contributed by atoms with van der Waals surface area (Å²) in [5.41, 5.74) is 1.17. The zero-order valence-electron chi connectivity index (χ0n) is 10.1. The highest BCUT2D eigenvalue weighted by Crippen LogP contribution is 2.14. The molecule has 0 heterocycles. The van der Waals surface area contributed by atoms with Gasteiger partial charge in [0, 0.05) is 23.2 Å². The third-order valence-corrected chi connectivity index (χ3v) is 3.14. The lowest BCUT2D eigenvalue weighted by Gasteiger charge is -2.11. The molecule has 1 aromatic carbocycles. The highest BCUT2D eigenvalue weighted by Gasteiger charge is 1.97. The number of anilines is 1. The van der Waals surface area contributed by atoms with E-state index in [1.54, 1.807) is 0 Å². The molecule has 0 aliphatic carbocycles. The van der Waals surface area contributed by atoms with Crippen molar-refractivity contribution in [3.8, 4) is 0 Å². The summed E-state index contributed by atoms with van der Waals surface area (Å²) in [6.45, 7) is 7.58. The van der Waals surface area contributed by atoms with Crippen molar-refractivity contribution < 1.29 is 0 Å². The number of benzene rings is 1. The summed E-state index contributed by atoms with van der Waals surface area (Å²) in [6.07, 6.45) is 1.24. The van der Waals surface area contributed by atoms with E-state index in [4.69, 9.17) is 0 Å². The van der Waals surface area contributed by atoms with Crippen molar-refractivity contribution in [1.82, 2.24) is 5.32 Å². The van der Waals surface area contributed by atoms with Crippen LogP contribution in [0, 0.1) is 5.92 Å². The van der Waals surface area contributed by atoms with Gasteiger partial charge in [-0.1, -0.05) is 42.3 Å². The van der Waals surface area contributed by atoms with Crippen LogP contribution in [0.15, 0.2) is 28.7 Å². The first kappa shape index (κ1) is 13.5. The van der Waals surface area contributed by atoms with Crippen LogP contribution in [0.5, 0.6) is 0 Å². The summed E-state index contributed by atoms with van der Waals surface area (Å²) in [6, 6.07) is 8.25. The smallest absolute Gasteiger partial charge is 0.0351 e. The zero-order valence-corrected chi connectivity index (χ0v) is 11.7. The van der Waals surface area contributed by atoms with Crippen molar-refractivity contribution >= 4 is 21.6 Å². The van der Waals surface area contributed by atoms with Crippen molar-refractivity contribution in [2.75, 3.05) is 25.0 Å². The summed E-state index contributed by atoms with van der Waals surface area (Å²) in [5, 5.41) is 6.83. The summed E-state index contributed by atoms with van der Waals surface area (Å²) >= 11 is 3.46. The van der Waals surface area contributed by atoms with E-state index in [0.29, 0.717) is 0 Å². The maximum Gasteiger partial charge on any atom is 0.0351 e. The summed E-state index contributed by atoms with van der Waals surface area (Å²) in [7, 11) is 0. The first-order valence-corrected chi connectivity index (χ1v) is 6.71. The Bertz CT molecular complexity index is 302. The van der Waals surface area contributed by atoms with Gasteiger partial charge in [-0.2, -0.15) is 0 Å². The molecular formula is C13H21BrN2. The normalized spacial score (nSPS) is 12.4. The van der Waals surface area contributed by atoms with Crippen LogP contribution < -0.4 is 10.6 Å².